The lowest BCUT2D eigenvalue weighted by molar-refractivity contribution is -0.137. The summed E-state index contributed by atoms with van der Waals surface area (Å²) in [6, 6.07) is 0. The summed E-state index contributed by atoms with van der Waals surface area (Å²) >= 11 is 0. The Balaban J connectivity index is 2.89. The number of rotatable bonds is 5. The van der Waals surface area contributed by atoms with Gasteiger partial charge in [0.1, 0.15) is 6.10 Å². The van der Waals surface area contributed by atoms with E-state index in [9.17, 15) is 9.59 Å². The van der Waals surface area contributed by atoms with Gasteiger partial charge in [-0.1, -0.05) is 0 Å². The fourth-order valence-electron chi connectivity index (χ4n) is 1.17. The number of hydrogen-bond acceptors (Lipinski definition) is 4. The highest BCUT2D eigenvalue weighted by atomic mass is 16.5. The lowest BCUT2D eigenvalue weighted by Crippen LogP contribution is -2.21. The third-order valence-electron chi connectivity index (χ3n) is 2.05. The average Bonchev–Trinajstić information content (AvgIpc) is 2.55. The number of aromatic nitrogens is 3. The molecule has 2 N–H and O–H groups in total. The van der Waals surface area contributed by atoms with Gasteiger partial charge >= 0.3 is 11.7 Å². The molecular weight excluding hydrogens is 202 g/mol. The molecule has 7 heteroatoms. The summed E-state index contributed by atoms with van der Waals surface area (Å²) in [7, 11) is 1.49. The zero-order chi connectivity index (χ0) is 11.4. The molecule has 0 spiro atoms. The summed E-state index contributed by atoms with van der Waals surface area (Å²) in [4.78, 5) is 21.6. The number of hydrogen-bond donors (Lipinski definition) is 2. The van der Waals surface area contributed by atoms with Crippen molar-refractivity contribution >= 4 is 5.97 Å². The molecule has 84 valence electrons. The van der Waals surface area contributed by atoms with Gasteiger partial charge in [-0.15, -0.1) is 0 Å². The largest absolute Gasteiger partial charge is 0.481 e. The zero-order valence-electron chi connectivity index (χ0n) is 8.56. The van der Waals surface area contributed by atoms with E-state index >= 15 is 0 Å². The van der Waals surface area contributed by atoms with Gasteiger partial charge in [0.2, 0.25) is 0 Å². The third-order valence-corrected chi connectivity index (χ3v) is 2.05. The minimum atomic E-state index is -0.959. The predicted molar refractivity (Wildman–Crippen MR) is 50.5 cm³/mol. The number of nitrogens with one attached hydrogen (secondary N) is 1. The van der Waals surface area contributed by atoms with E-state index in [0.717, 1.165) is 0 Å². The van der Waals surface area contributed by atoms with Crippen molar-refractivity contribution < 1.29 is 14.6 Å². The number of H-pyrrole nitrogens is 1. The van der Waals surface area contributed by atoms with Crippen LogP contribution in [0.5, 0.6) is 0 Å². The number of ether oxygens (including phenoxy) is 1. The molecule has 1 aromatic rings. The van der Waals surface area contributed by atoms with Crippen molar-refractivity contribution in [3.8, 4) is 0 Å². The standard InChI is InChI=1S/C8H13N3O4/c1-5(15-2)7-9-10-8(14)11(7)4-3-6(12)13/h5H,3-4H2,1-2H3,(H,10,14)(H,12,13)/t5-/m0/s1. The number of carboxylic acid groups (broad SMARTS) is 1. The van der Waals surface area contributed by atoms with E-state index in [-0.39, 0.29) is 19.1 Å². The van der Waals surface area contributed by atoms with E-state index in [4.69, 9.17) is 9.84 Å². The molecular formula is C8H13N3O4. The van der Waals surface area contributed by atoms with E-state index < -0.39 is 11.7 Å². The SMILES string of the molecule is CO[C@@H](C)c1n[nH]c(=O)n1CCC(=O)O. The summed E-state index contributed by atoms with van der Waals surface area (Å²) in [5.74, 6) is -0.553. The van der Waals surface area contributed by atoms with Gasteiger partial charge in [-0.3, -0.25) is 9.36 Å². The fourth-order valence-corrected chi connectivity index (χ4v) is 1.17. The number of carboxylic acids is 1. The third kappa shape index (κ3) is 2.66. The lowest BCUT2D eigenvalue weighted by atomic mass is 10.3. The average molecular weight is 215 g/mol. The van der Waals surface area contributed by atoms with Crippen molar-refractivity contribution in [1.82, 2.24) is 14.8 Å². The molecule has 0 aromatic carbocycles. The van der Waals surface area contributed by atoms with E-state index in [1.165, 1.54) is 11.7 Å². The Hall–Kier alpha value is -1.63. The highest BCUT2D eigenvalue weighted by Gasteiger charge is 2.15. The van der Waals surface area contributed by atoms with Crippen LogP contribution in [0.1, 0.15) is 25.3 Å². The van der Waals surface area contributed by atoms with Crippen LogP contribution in [0.4, 0.5) is 0 Å². The van der Waals surface area contributed by atoms with Crippen LogP contribution in [-0.2, 0) is 16.1 Å². The second kappa shape index (κ2) is 4.74. The van der Waals surface area contributed by atoms with Crippen LogP contribution < -0.4 is 5.69 Å². The molecule has 0 aliphatic rings. The molecule has 15 heavy (non-hydrogen) atoms. The summed E-state index contributed by atoms with van der Waals surface area (Å²) in [5, 5.41) is 14.5. The monoisotopic (exact) mass is 215 g/mol. The van der Waals surface area contributed by atoms with Gasteiger partial charge in [-0.2, -0.15) is 5.10 Å². The minimum absolute atomic E-state index is 0.0910. The van der Waals surface area contributed by atoms with Crippen molar-refractivity contribution in [1.29, 1.82) is 0 Å². The summed E-state index contributed by atoms with van der Waals surface area (Å²) in [5.41, 5.74) is -0.421. The topological polar surface area (TPSA) is 97.2 Å². The quantitative estimate of drug-likeness (QED) is 0.706. The van der Waals surface area contributed by atoms with Crippen LogP contribution in [0.3, 0.4) is 0 Å². The smallest absolute Gasteiger partial charge is 0.343 e. The molecule has 0 aliphatic heterocycles. The molecule has 0 aliphatic carbocycles. The first-order chi connectivity index (χ1) is 7.06. The Morgan fingerprint density at radius 1 is 1.73 bits per heavy atom. The molecule has 1 atom stereocenters. The molecule has 0 amide bonds. The lowest BCUT2D eigenvalue weighted by Gasteiger charge is -2.09. The van der Waals surface area contributed by atoms with Crippen molar-refractivity contribution in [2.45, 2.75) is 26.0 Å². The van der Waals surface area contributed by atoms with Crippen LogP contribution in [0.15, 0.2) is 4.79 Å². The van der Waals surface area contributed by atoms with Crippen LogP contribution >= 0.6 is 0 Å². The van der Waals surface area contributed by atoms with E-state index in [0.29, 0.717) is 5.82 Å². The van der Waals surface area contributed by atoms with Crippen LogP contribution in [0.25, 0.3) is 0 Å². The van der Waals surface area contributed by atoms with Crippen LogP contribution in [0, 0.1) is 0 Å². The van der Waals surface area contributed by atoms with Gasteiger partial charge in [-0.05, 0) is 6.92 Å². The summed E-state index contributed by atoms with van der Waals surface area (Å²) in [6.07, 6.45) is -0.471. The Morgan fingerprint density at radius 2 is 2.40 bits per heavy atom. The van der Waals surface area contributed by atoms with Crippen molar-refractivity contribution in [2.75, 3.05) is 7.11 Å². The number of aliphatic carboxylic acids is 1. The van der Waals surface area contributed by atoms with E-state index in [1.807, 2.05) is 0 Å². The van der Waals surface area contributed by atoms with E-state index in [2.05, 4.69) is 10.2 Å². The van der Waals surface area contributed by atoms with Crippen LogP contribution in [-0.4, -0.2) is 33.0 Å². The Labute approximate surface area is 85.7 Å². The molecule has 7 nitrogen and oxygen atoms in total. The van der Waals surface area contributed by atoms with Gasteiger partial charge in [0, 0.05) is 13.7 Å². The Kier molecular flexibility index (Phi) is 3.62. The summed E-state index contributed by atoms with van der Waals surface area (Å²) < 4.78 is 6.27. The molecule has 1 aromatic heterocycles. The predicted octanol–water partition coefficient (Wildman–Crippen LogP) is -0.247. The molecule has 1 rings (SSSR count). The maximum atomic E-state index is 11.3. The Morgan fingerprint density at radius 3 is 2.93 bits per heavy atom. The highest BCUT2D eigenvalue weighted by molar-refractivity contribution is 5.66. The maximum Gasteiger partial charge on any atom is 0.343 e. The van der Waals surface area contributed by atoms with Gasteiger partial charge in [-0.25, -0.2) is 9.89 Å². The number of carbonyl (C=O) groups is 1. The second-order valence-electron chi connectivity index (χ2n) is 3.06. The van der Waals surface area contributed by atoms with Gasteiger partial charge in [0.15, 0.2) is 5.82 Å². The van der Waals surface area contributed by atoms with Gasteiger partial charge in [0.25, 0.3) is 0 Å². The maximum absolute atomic E-state index is 11.3. The van der Waals surface area contributed by atoms with Crippen molar-refractivity contribution in [3.05, 3.63) is 16.3 Å². The fraction of sp³-hybridized carbons (Fsp3) is 0.625. The molecule has 1 heterocycles. The first kappa shape index (κ1) is 11.4. The molecule has 0 radical (unpaired) electrons. The molecule has 0 saturated carbocycles. The normalized spacial score (nSPS) is 12.7. The molecule has 0 unspecified atom stereocenters. The van der Waals surface area contributed by atoms with Gasteiger partial charge < -0.3 is 9.84 Å². The minimum Gasteiger partial charge on any atom is -0.481 e. The Bertz CT molecular complexity index is 395. The van der Waals surface area contributed by atoms with Crippen molar-refractivity contribution in [2.24, 2.45) is 0 Å². The second-order valence-corrected chi connectivity index (χ2v) is 3.06. The first-order valence-electron chi connectivity index (χ1n) is 4.46. The first-order valence-corrected chi connectivity index (χ1v) is 4.46. The number of aromatic amines is 1. The van der Waals surface area contributed by atoms with Crippen LogP contribution in [0.2, 0.25) is 0 Å². The highest BCUT2D eigenvalue weighted by Crippen LogP contribution is 2.10. The number of nitrogens with zero attached hydrogens (tertiary/aromatic N) is 2. The molecule has 0 saturated heterocycles. The zero-order valence-corrected chi connectivity index (χ0v) is 8.56. The summed E-state index contributed by atoms with van der Waals surface area (Å²) in [6.45, 7) is 1.82. The van der Waals surface area contributed by atoms with E-state index in [1.54, 1.807) is 6.92 Å². The molecule has 0 bridgehead atoms. The van der Waals surface area contributed by atoms with Gasteiger partial charge in [0.05, 0.1) is 6.42 Å². The molecule has 0 fully saturated rings. The van der Waals surface area contributed by atoms with Crippen molar-refractivity contribution in [3.63, 3.8) is 0 Å². The number of methoxy groups -OCH3 is 1.